The standard InChI is InChI=1S/C28H54O14/c1-11-31-25(32-12-2,33-13-3)27(37-17-7,38-18-8)41-23(29)21-22-24(30)42-28(39-19-9,40-20-10)26(34-14-4,35-15-5)36-16-6/h11-22H2,1-10H3. The van der Waals surface area contributed by atoms with E-state index in [2.05, 4.69) is 0 Å². The zero-order chi connectivity index (χ0) is 32.1. The molecule has 14 nitrogen and oxygen atoms in total. The zero-order valence-electron chi connectivity index (χ0n) is 27.2. The predicted molar refractivity (Wildman–Crippen MR) is 149 cm³/mol. The molecular formula is C28H54O14. The van der Waals surface area contributed by atoms with Gasteiger partial charge in [-0.15, -0.1) is 0 Å². The van der Waals surface area contributed by atoms with Crippen molar-refractivity contribution in [2.24, 2.45) is 0 Å². The Morgan fingerprint density at radius 2 is 0.500 bits per heavy atom. The van der Waals surface area contributed by atoms with E-state index in [-0.39, 0.29) is 66.1 Å². The maximum Gasteiger partial charge on any atom is 0.416 e. The average molecular weight is 615 g/mol. The molecule has 0 aliphatic heterocycles. The highest BCUT2D eigenvalue weighted by Crippen LogP contribution is 2.38. The van der Waals surface area contributed by atoms with Crippen molar-refractivity contribution < 1.29 is 66.4 Å². The number of carbonyl (C=O) groups excluding carboxylic acids is 2. The van der Waals surface area contributed by atoms with Crippen LogP contribution < -0.4 is 0 Å². The molecule has 0 radical (unpaired) electrons. The molecule has 0 N–H and O–H groups in total. The van der Waals surface area contributed by atoms with E-state index in [1.54, 1.807) is 69.2 Å². The quantitative estimate of drug-likeness (QED) is 0.0975. The van der Waals surface area contributed by atoms with Gasteiger partial charge in [0.15, 0.2) is 0 Å². The average Bonchev–Trinajstić information content (AvgIpc) is 2.93. The van der Waals surface area contributed by atoms with Gasteiger partial charge < -0.3 is 56.8 Å². The summed E-state index contributed by atoms with van der Waals surface area (Å²) in [6.45, 7) is 17.8. The predicted octanol–water partition coefficient (Wildman–Crippen LogP) is 3.83. The molecule has 0 unspecified atom stereocenters. The molecule has 0 spiro atoms. The van der Waals surface area contributed by atoms with Crippen molar-refractivity contribution in [1.82, 2.24) is 0 Å². The molecule has 42 heavy (non-hydrogen) atoms. The number of esters is 2. The molecule has 0 aromatic heterocycles. The van der Waals surface area contributed by atoms with Crippen LogP contribution in [0.15, 0.2) is 0 Å². The van der Waals surface area contributed by atoms with Crippen LogP contribution >= 0.6 is 0 Å². The molecule has 0 amide bonds. The van der Waals surface area contributed by atoms with E-state index in [0.29, 0.717) is 0 Å². The van der Waals surface area contributed by atoms with Gasteiger partial charge in [-0.3, -0.25) is 9.59 Å². The minimum absolute atomic E-state index is 0.0455. The second kappa shape index (κ2) is 21.3. The third kappa shape index (κ3) is 10.6. The van der Waals surface area contributed by atoms with Crippen LogP contribution in [-0.2, 0) is 66.4 Å². The van der Waals surface area contributed by atoms with Gasteiger partial charge in [0.1, 0.15) is 0 Å². The van der Waals surface area contributed by atoms with Crippen LogP contribution in [0.5, 0.6) is 0 Å². The fourth-order valence-corrected chi connectivity index (χ4v) is 3.97. The van der Waals surface area contributed by atoms with E-state index in [9.17, 15) is 9.59 Å². The Balaban J connectivity index is 6.24. The van der Waals surface area contributed by atoms with Gasteiger partial charge in [-0.2, -0.15) is 0 Å². The summed E-state index contributed by atoms with van der Waals surface area (Å²) in [5.74, 6) is -10.3. The molecule has 14 heteroatoms. The molecule has 0 saturated heterocycles. The van der Waals surface area contributed by atoms with E-state index in [4.69, 9.17) is 56.8 Å². The van der Waals surface area contributed by atoms with Gasteiger partial charge in [0.05, 0.1) is 39.3 Å². The van der Waals surface area contributed by atoms with Crippen LogP contribution in [-0.4, -0.2) is 102 Å². The second-order valence-electron chi connectivity index (χ2n) is 8.00. The first-order chi connectivity index (χ1) is 20.1. The van der Waals surface area contributed by atoms with Gasteiger partial charge >= 0.3 is 35.8 Å². The summed E-state index contributed by atoms with van der Waals surface area (Å²) in [6.07, 6.45) is -0.916. The Morgan fingerprint density at radius 1 is 0.333 bits per heavy atom. The molecule has 250 valence electrons. The lowest BCUT2D eigenvalue weighted by Crippen LogP contribution is -2.65. The van der Waals surface area contributed by atoms with Gasteiger partial charge in [0, 0.05) is 39.6 Å². The number of rotatable bonds is 27. The lowest BCUT2D eigenvalue weighted by atomic mass is 10.3. The van der Waals surface area contributed by atoms with Crippen molar-refractivity contribution in [3.8, 4) is 0 Å². The topological polar surface area (TPSA) is 145 Å². The van der Waals surface area contributed by atoms with Crippen LogP contribution in [0.2, 0.25) is 0 Å². The van der Waals surface area contributed by atoms with E-state index in [0.717, 1.165) is 0 Å². The Hall–Kier alpha value is -1.46. The highest BCUT2D eigenvalue weighted by molar-refractivity contribution is 5.78. The lowest BCUT2D eigenvalue weighted by Gasteiger charge is -2.45. The molecule has 0 aliphatic rings. The summed E-state index contributed by atoms with van der Waals surface area (Å²) in [5.41, 5.74) is 0. The summed E-state index contributed by atoms with van der Waals surface area (Å²) in [7, 11) is 0. The number of carbonyl (C=O) groups is 2. The Bertz CT molecular complexity index is 625. The fraction of sp³-hybridized carbons (Fsp3) is 0.929. The smallest absolute Gasteiger partial charge is 0.401 e. The number of hydrogen-bond donors (Lipinski definition) is 0. The largest absolute Gasteiger partial charge is 0.416 e. The minimum atomic E-state index is -2.24. The van der Waals surface area contributed by atoms with Crippen LogP contribution in [0.25, 0.3) is 0 Å². The maximum atomic E-state index is 13.2. The van der Waals surface area contributed by atoms with Gasteiger partial charge in [0.2, 0.25) is 0 Å². The van der Waals surface area contributed by atoms with Crippen LogP contribution in [0.3, 0.4) is 0 Å². The van der Waals surface area contributed by atoms with Crippen molar-refractivity contribution in [3.63, 3.8) is 0 Å². The summed E-state index contributed by atoms with van der Waals surface area (Å²) in [5, 5.41) is 0. The van der Waals surface area contributed by atoms with E-state index >= 15 is 0 Å². The van der Waals surface area contributed by atoms with Crippen molar-refractivity contribution in [2.45, 2.75) is 106 Å². The molecule has 0 bridgehead atoms. The molecule has 0 fully saturated rings. The summed E-state index contributed by atoms with van der Waals surface area (Å²) >= 11 is 0. The van der Waals surface area contributed by atoms with E-state index < -0.39 is 48.7 Å². The van der Waals surface area contributed by atoms with Gasteiger partial charge in [-0.05, 0) is 69.2 Å². The highest BCUT2D eigenvalue weighted by Gasteiger charge is 2.64. The Morgan fingerprint density at radius 3 is 0.667 bits per heavy atom. The fourth-order valence-electron chi connectivity index (χ4n) is 3.97. The molecule has 0 saturated carbocycles. The first kappa shape index (κ1) is 40.5. The SMILES string of the molecule is CCOC(OCC)(OCC)C(OCC)(OCC)OC(=O)CCC(=O)OC(OCC)(OCC)C(OCC)(OCC)OCC. The lowest BCUT2D eigenvalue weighted by molar-refractivity contribution is -0.550. The molecule has 0 aromatic rings. The molecule has 0 aliphatic carbocycles. The maximum absolute atomic E-state index is 13.2. The second-order valence-corrected chi connectivity index (χ2v) is 8.00. The first-order valence-corrected chi connectivity index (χ1v) is 14.9. The zero-order valence-corrected chi connectivity index (χ0v) is 27.2. The van der Waals surface area contributed by atoms with Crippen molar-refractivity contribution in [1.29, 1.82) is 0 Å². The number of ether oxygens (including phenoxy) is 12. The van der Waals surface area contributed by atoms with Crippen molar-refractivity contribution in [3.05, 3.63) is 0 Å². The number of hydrogen-bond acceptors (Lipinski definition) is 14. The van der Waals surface area contributed by atoms with Crippen LogP contribution in [0.1, 0.15) is 82.1 Å². The summed E-state index contributed by atoms with van der Waals surface area (Å²) in [4.78, 5) is 26.4. The normalized spacial score (nSPS) is 12.9. The minimum Gasteiger partial charge on any atom is -0.401 e. The Kier molecular flexibility index (Phi) is 20.5. The molecular weight excluding hydrogens is 560 g/mol. The van der Waals surface area contributed by atoms with E-state index in [1.165, 1.54) is 0 Å². The van der Waals surface area contributed by atoms with Gasteiger partial charge in [-0.25, -0.2) is 0 Å². The monoisotopic (exact) mass is 614 g/mol. The van der Waals surface area contributed by atoms with Crippen molar-refractivity contribution in [2.75, 3.05) is 66.1 Å². The molecule has 0 heterocycles. The van der Waals surface area contributed by atoms with E-state index in [1.807, 2.05) is 0 Å². The first-order valence-electron chi connectivity index (χ1n) is 14.9. The summed E-state index contributed by atoms with van der Waals surface area (Å²) in [6, 6.07) is 0. The van der Waals surface area contributed by atoms with Gasteiger partial charge in [-0.1, -0.05) is 0 Å². The van der Waals surface area contributed by atoms with Crippen LogP contribution in [0, 0.1) is 0 Å². The summed E-state index contributed by atoms with van der Waals surface area (Å²) < 4.78 is 69.3. The third-order valence-corrected chi connectivity index (χ3v) is 5.12. The van der Waals surface area contributed by atoms with Crippen LogP contribution in [0.4, 0.5) is 0 Å². The molecule has 0 atom stereocenters. The highest BCUT2D eigenvalue weighted by atomic mass is 17.0. The molecule has 0 rings (SSSR count). The molecule has 0 aromatic carbocycles. The van der Waals surface area contributed by atoms with Crippen molar-refractivity contribution >= 4 is 11.9 Å². The third-order valence-electron chi connectivity index (χ3n) is 5.12. The Labute approximate surface area is 250 Å². The van der Waals surface area contributed by atoms with Gasteiger partial charge in [0.25, 0.3) is 0 Å².